The molecule has 15 heavy (non-hydrogen) atoms. The molecular weight excluding hydrogens is 206 g/mol. The van der Waals surface area contributed by atoms with Crippen LogP contribution in [0, 0.1) is 0 Å². The molecule has 0 radical (unpaired) electrons. The first-order valence-electron chi connectivity index (χ1n) is 5.62. The fourth-order valence-electron chi connectivity index (χ4n) is 1.78. The maximum atomic E-state index is 4.61. The SMILES string of the molecule is CCc1csc(CN2CCN(C)CC2)n1. The molecule has 2 heterocycles. The number of piperazine rings is 1. The minimum absolute atomic E-state index is 1.04. The second-order valence-electron chi connectivity index (χ2n) is 4.17. The summed E-state index contributed by atoms with van der Waals surface area (Å²) in [5, 5.41) is 3.46. The van der Waals surface area contributed by atoms with Crippen LogP contribution in [0.4, 0.5) is 0 Å². The number of hydrogen-bond donors (Lipinski definition) is 0. The maximum Gasteiger partial charge on any atom is 0.107 e. The standard InChI is InChI=1S/C11H19N3S/c1-3-10-9-15-11(12-10)8-14-6-4-13(2)5-7-14/h9H,3-8H2,1-2H3. The highest BCUT2D eigenvalue weighted by atomic mass is 32.1. The van der Waals surface area contributed by atoms with Crippen molar-refractivity contribution in [2.75, 3.05) is 33.2 Å². The van der Waals surface area contributed by atoms with Gasteiger partial charge in [0.25, 0.3) is 0 Å². The van der Waals surface area contributed by atoms with Crippen LogP contribution in [0.25, 0.3) is 0 Å². The molecule has 0 spiro atoms. The molecule has 84 valence electrons. The fraction of sp³-hybridized carbons (Fsp3) is 0.727. The van der Waals surface area contributed by atoms with Crippen molar-refractivity contribution in [1.29, 1.82) is 0 Å². The Bertz CT molecular complexity index is 303. The van der Waals surface area contributed by atoms with Gasteiger partial charge in [0.15, 0.2) is 0 Å². The number of hydrogen-bond acceptors (Lipinski definition) is 4. The van der Waals surface area contributed by atoms with Crippen LogP contribution < -0.4 is 0 Å². The summed E-state index contributed by atoms with van der Waals surface area (Å²) in [6, 6.07) is 0. The van der Waals surface area contributed by atoms with Crippen molar-refractivity contribution < 1.29 is 0 Å². The molecule has 0 atom stereocenters. The zero-order chi connectivity index (χ0) is 10.7. The number of nitrogens with zero attached hydrogens (tertiary/aromatic N) is 3. The molecular formula is C11H19N3S. The zero-order valence-corrected chi connectivity index (χ0v) is 10.4. The van der Waals surface area contributed by atoms with Gasteiger partial charge in [-0.1, -0.05) is 6.92 Å². The van der Waals surface area contributed by atoms with Gasteiger partial charge < -0.3 is 4.90 Å². The summed E-state index contributed by atoms with van der Waals surface area (Å²) < 4.78 is 0. The molecule has 1 aromatic heterocycles. The van der Waals surface area contributed by atoms with Crippen molar-refractivity contribution in [3.63, 3.8) is 0 Å². The van der Waals surface area contributed by atoms with Crippen LogP contribution in [0.3, 0.4) is 0 Å². The van der Waals surface area contributed by atoms with E-state index < -0.39 is 0 Å². The van der Waals surface area contributed by atoms with E-state index in [4.69, 9.17) is 0 Å². The third-order valence-electron chi connectivity index (χ3n) is 2.92. The molecule has 0 amide bonds. The summed E-state index contributed by atoms with van der Waals surface area (Å²) in [6.45, 7) is 7.93. The van der Waals surface area contributed by atoms with E-state index in [-0.39, 0.29) is 0 Å². The van der Waals surface area contributed by atoms with Crippen molar-refractivity contribution in [3.8, 4) is 0 Å². The summed E-state index contributed by atoms with van der Waals surface area (Å²) in [5.41, 5.74) is 1.24. The summed E-state index contributed by atoms with van der Waals surface area (Å²) in [7, 11) is 2.19. The van der Waals surface area contributed by atoms with Gasteiger partial charge in [-0.05, 0) is 13.5 Å². The molecule has 0 N–H and O–H groups in total. The Hall–Kier alpha value is -0.450. The van der Waals surface area contributed by atoms with Crippen LogP contribution in [0.15, 0.2) is 5.38 Å². The van der Waals surface area contributed by atoms with Crippen molar-refractivity contribution >= 4 is 11.3 Å². The Kier molecular flexibility index (Phi) is 3.72. The minimum atomic E-state index is 1.04. The number of aryl methyl sites for hydroxylation is 1. The second-order valence-corrected chi connectivity index (χ2v) is 5.11. The molecule has 0 unspecified atom stereocenters. The van der Waals surface area contributed by atoms with E-state index in [1.165, 1.54) is 36.9 Å². The van der Waals surface area contributed by atoms with Crippen LogP contribution in [-0.4, -0.2) is 48.0 Å². The van der Waals surface area contributed by atoms with Gasteiger partial charge in [-0.2, -0.15) is 0 Å². The van der Waals surface area contributed by atoms with Gasteiger partial charge in [-0.3, -0.25) is 4.90 Å². The lowest BCUT2D eigenvalue weighted by molar-refractivity contribution is 0.148. The quantitative estimate of drug-likeness (QED) is 0.776. The molecule has 1 fully saturated rings. The summed E-state index contributed by atoms with van der Waals surface area (Å²) >= 11 is 1.80. The molecule has 4 heteroatoms. The van der Waals surface area contributed by atoms with Crippen LogP contribution in [-0.2, 0) is 13.0 Å². The number of likely N-dealkylation sites (N-methyl/N-ethyl adjacent to an activating group) is 1. The van der Waals surface area contributed by atoms with Crippen molar-refractivity contribution in [3.05, 3.63) is 16.1 Å². The van der Waals surface area contributed by atoms with Crippen molar-refractivity contribution in [1.82, 2.24) is 14.8 Å². The van der Waals surface area contributed by atoms with Gasteiger partial charge in [-0.25, -0.2) is 4.98 Å². The van der Waals surface area contributed by atoms with Gasteiger partial charge in [0, 0.05) is 31.6 Å². The Morgan fingerprint density at radius 3 is 2.67 bits per heavy atom. The normalized spacial score (nSPS) is 19.6. The molecule has 0 aliphatic carbocycles. The maximum absolute atomic E-state index is 4.61. The summed E-state index contributed by atoms with van der Waals surface area (Å²) in [4.78, 5) is 9.49. The average molecular weight is 225 g/mol. The third kappa shape index (κ3) is 3.00. The molecule has 1 aromatic rings. The largest absolute Gasteiger partial charge is 0.304 e. The minimum Gasteiger partial charge on any atom is -0.304 e. The van der Waals surface area contributed by atoms with E-state index in [1.807, 2.05) is 0 Å². The van der Waals surface area contributed by atoms with Gasteiger partial charge in [-0.15, -0.1) is 11.3 Å². The first-order valence-corrected chi connectivity index (χ1v) is 6.50. The van der Waals surface area contributed by atoms with Crippen LogP contribution in [0.1, 0.15) is 17.6 Å². The average Bonchev–Trinajstić information content (AvgIpc) is 2.69. The van der Waals surface area contributed by atoms with E-state index in [0.29, 0.717) is 0 Å². The predicted molar refractivity (Wildman–Crippen MR) is 64.3 cm³/mol. The Balaban J connectivity index is 1.86. The van der Waals surface area contributed by atoms with Crippen LogP contribution >= 0.6 is 11.3 Å². The molecule has 3 nitrogen and oxygen atoms in total. The van der Waals surface area contributed by atoms with Crippen LogP contribution in [0.2, 0.25) is 0 Å². The number of thiazole rings is 1. The summed E-state index contributed by atoms with van der Waals surface area (Å²) in [5.74, 6) is 0. The summed E-state index contributed by atoms with van der Waals surface area (Å²) in [6.07, 6.45) is 1.05. The first-order chi connectivity index (χ1) is 7.28. The highest BCUT2D eigenvalue weighted by Crippen LogP contribution is 2.13. The van der Waals surface area contributed by atoms with E-state index in [1.54, 1.807) is 11.3 Å². The van der Waals surface area contributed by atoms with Crippen LogP contribution in [0.5, 0.6) is 0 Å². The number of aromatic nitrogens is 1. The molecule has 0 aromatic carbocycles. The third-order valence-corrected chi connectivity index (χ3v) is 3.80. The van der Waals surface area contributed by atoms with Gasteiger partial charge in [0.2, 0.25) is 0 Å². The highest BCUT2D eigenvalue weighted by molar-refractivity contribution is 7.09. The lowest BCUT2D eigenvalue weighted by atomic mass is 10.3. The van der Waals surface area contributed by atoms with Gasteiger partial charge >= 0.3 is 0 Å². The highest BCUT2D eigenvalue weighted by Gasteiger charge is 2.14. The topological polar surface area (TPSA) is 19.4 Å². The Morgan fingerprint density at radius 2 is 2.07 bits per heavy atom. The Labute approximate surface area is 95.7 Å². The van der Waals surface area contributed by atoms with E-state index >= 15 is 0 Å². The fourth-order valence-corrected chi connectivity index (χ4v) is 2.70. The van der Waals surface area contributed by atoms with E-state index in [0.717, 1.165) is 13.0 Å². The second kappa shape index (κ2) is 5.05. The monoisotopic (exact) mass is 225 g/mol. The van der Waals surface area contributed by atoms with E-state index in [9.17, 15) is 0 Å². The lowest BCUT2D eigenvalue weighted by Crippen LogP contribution is -2.43. The predicted octanol–water partition coefficient (Wildman–Crippen LogP) is 1.45. The first kappa shape index (κ1) is 11.0. The molecule has 1 aliphatic heterocycles. The lowest BCUT2D eigenvalue weighted by Gasteiger charge is -2.31. The van der Waals surface area contributed by atoms with Crippen molar-refractivity contribution in [2.45, 2.75) is 19.9 Å². The molecule has 2 rings (SSSR count). The molecule has 1 saturated heterocycles. The Morgan fingerprint density at radius 1 is 1.33 bits per heavy atom. The number of rotatable bonds is 3. The molecule has 0 bridgehead atoms. The van der Waals surface area contributed by atoms with E-state index in [2.05, 4.69) is 34.1 Å². The van der Waals surface area contributed by atoms with Gasteiger partial charge in [0.1, 0.15) is 5.01 Å². The zero-order valence-electron chi connectivity index (χ0n) is 9.57. The molecule has 1 aliphatic rings. The van der Waals surface area contributed by atoms with Gasteiger partial charge in [0.05, 0.1) is 12.2 Å². The molecule has 0 saturated carbocycles. The smallest absolute Gasteiger partial charge is 0.107 e. The van der Waals surface area contributed by atoms with Crippen molar-refractivity contribution in [2.24, 2.45) is 0 Å².